The van der Waals surface area contributed by atoms with Crippen LogP contribution >= 0.6 is 46.4 Å². The second-order valence-corrected chi connectivity index (χ2v) is 37.5. The molecule has 0 saturated carbocycles. The molecule has 6 atom stereocenters. The normalized spacial score (nSPS) is 16.9. The minimum atomic E-state index is -4.53. The fourth-order valence-electron chi connectivity index (χ4n) is 17.5. The van der Waals surface area contributed by atoms with E-state index in [0.717, 1.165) is 84.1 Å². The van der Waals surface area contributed by atoms with Crippen LogP contribution in [-0.2, 0) is 12.4 Å². The number of rotatable bonds is 24. The highest BCUT2D eigenvalue weighted by Gasteiger charge is 2.47. The SMILES string of the molecule is CC(C)(CO)COc1cncc(NC(=O)N2c3nc(-c4cccc(C(F)(F)F)c4)c(Cl)cc3N3CC[C@H]2C3)n1.Cc1cc(-c2nc3c(cc2Cl)N2CC[C@@H](C2)N3C(=O)Nc2cccc(OC[C@H](O)CO)n2)ccn1.Cc1cc(-c2nc3c(cc2Cl)N2CC[C@@H](C2)N3C(=O)Nc2cnc(OC[C@@H](O)CO)cn2)ccn1.O=C(Nc1ccnc(OCCCO)n1)N1c2nc(-c3cccc(C(F)(F)F)c3)c(Cl)cc2N2CC[C@H]1C2. The van der Waals surface area contributed by atoms with Crippen molar-refractivity contribution in [3.8, 4) is 68.7 Å². The first-order valence-electron chi connectivity index (χ1n) is 46.2. The van der Waals surface area contributed by atoms with Crippen LogP contribution in [0.2, 0.25) is 20.1 Å². The maximum atomic E-state index is 13.5. The zero-order valence-corrected chi connectivity index (χ0v) is 81.5. The van der Waals surface area contributed by atoms with E-state index in [1.54, 1.807) is 52.5 Å². The Morgan fingerprint density at radius 3 is 1.22 bits per heavy atom. The largest absolute Gasteiger partial charge is 0.476 e. The number of aliphatic hydroxyl groups excluding tert-OH is 6. The number of hydrogen-bond acceptors (Lipinski definition) is 31. The number of aromatic nitrogens is 13. The van der Waals surface area contributed by atoms with Gasteiger partial charge in [-0.05, 0) is 124 Å². The number of halogens is 10. The monoisotopic (exact) mass is 2090 g/mol. The Bertz CT molecular complexity index is 6830. The van der Waals surface area contributed by atoms with Gasteiger partial charge < -0.3 is 69.2 Å². The van der Waals surface area contributed by atoms with Crippen LogP contribution in [0.3, 0.4) is 0 Å². The predicted molar refractivity (Wildman–Crippen MR) is 533 cm³/mol. The average molecular weight is 2090 g/mol. The van der Waals surface area contributed by atoms with Gasteiger partial charge in [0.2, 0.25) is 17.6 Å². The van der Waals surface area contributed by atoms with Crippen LogP contribution in [0.5, 0.6) is 23.7 Å². The van der Waals surface area contributed by atoms with E-state index in [4.69, 9.17) is 90.6 Å². The average Bonchev–Trinajstić information content (AvgIpc) is 1.50. The maximum Gasteiger partial charge on any atom is 0.416 e. The molecule has 764 valence electrons. The summed E-state index contributed by atoms with van der Waals surface area (Å²) in [7, 11) is 0. The molecule has 12 aromatic rings. The molecule has 8 bridgehead atoms. The molecule has 10 N–H and O–H groups in total. The van der Waals surface area contributed by atoms with Gasteiger partial charge in [-0.1, -0.05) is 90.6 Å². The van der Waals surface area contributed by atoms with Crippen LogP contribution in [-0.4, -0.2) is 261 Å². The van der Waals surface area contributed by atoms with Gasteiger partial charge >= 0.3 is 42.5 Å². The van der Waals surface area contributed by atoms with Gasteiger partial charge in [0.15, 0.2) is 34.9 Å². The smallest absolute Gasteiger partial charge is 0.416 e. The third-order valence-corrected chi connectivity index (χ3v) is 25.8. The number of hydrogen-bond donors (Lipinski definition) is 10. The first-order chi connectivity index (χ1) is 70.0. The van der Waals surface area contributed by atoms with Crippen LogP contribution in [0, 0.1) is 19.3 Å². The van der Waals surface area contributed by atoms with Gasteiger partial charge in [0.1, 0.15) is 37.1 Å². The number of aryl methyl sites for hydroxylation is 2. The Labute approximate surface area is 850 Å². The Hall–Kier alpha value is -14.3. The Balaban J connectivity index is 0.000000133. The summed E-state index contributed by atoms with van der Waals surface area (Å²) < 4.78 is 102. The summed E-state index contributed by atoms with van der Waals surface area (Å²) in [5.74, 6) is 3.14. The summed E-state index contributed by atoms with van der Waals surface area (Å²) in [6, 6.07) is 28.3. The molecule has 0 aliphatic carbocycles. The molecule has 39 nitrogen and oxygen atoms in total. The third-order valence-electron chi connectivity index (χ3n) is 24.7. The molecule has 20 rings (SSSR count). The van der Waals surface area contributed by atoms with E-state index in [1.165, 1.54) is 71.1 Å². The van der Waals surface area contributed by atoms with Crippen LogP contribution in [0.25, 0.3) is 45.0 Å². The fraction of sp³-hybridized carbons (Fsp3) is 0.351. The van der Waals surface area contributed by atoms with E-state index in [0.29, 0.717) is 120 Å². The second kappa shape index (κ2) is 44.3. The summed E-state index contributed by atoms with van der Waals surface area (Å²) in [6.45, 7) is 12.2. The minimum absolute atomic E-state index is 0.0390. The first-order valence-corrected chi connectivity index (χ1v) is 47.8. The number of pyridine rings is 7. The van der Waals surface area contributed by atoms with Gasteiger partial charge in [-0.25, -0.2) is 54.1 Å². The maximum absolute atomic E-state index is 13.5. The van der Waals surface area contributed by atoms with E-state index >= 15 is 0 Å². The molecule has 0 spiro atoms. The molecule has 10 aromatic heterocycles. The molecule has 4 fully saturated rings. The van der Waals surface area contributed by atoms with E-state index in [-0.39, 0.29) is 150 Å². The molecule has 146 heavy (non-hydrogen) atoms. The highest BCUT2D eigenvalue weighted by molar-refractivity contribution is 6.35. The van der Waals surface area contributed by atoms with E-state index in [9.17, 15) is 60.8 Å². The Kier molecular flexibility index (Phi) is 31.3. The summed E-state index contributed by atoms with van der Waals surface area (Å²) in [6.07, 6.45) is 2.62. The van der Waals surface area contributed by atoms with Crippen molar-refractivity contribution < 1.29 is 95.1 Å². The lowest BCUT2D eigenvalue weighted by molar-refractivity contribution is -0.138. The van der Waals surface area contributed by atoms with Crippen LogP contribution < -0.4 is 79.4 Å². The summed E-state index contributed by atoms with van der Waals surface area (Å²) >= 11 is 26.3. The molecule has 2 aromatic carbocycles. The molecule has 0 unspecified atom stereocenters. The quantitative estimate of drug-likeness (QED) is 0.0198. The molecule has 4 saturated heterocycles. The van der Waals surface area contributed by atoms with Crippen LogP contribution in [0.15, 0.2) is 165 Å². The van der Waals surface area contributed by atoms with Crippen molar-refractivity contribution in [2.75, 3.05) is 166 Å². The lowest BCUT2D eigenvalue weighted by Crippen LogP contribution is -2.48. The number of alkyl halides is 6. The molecule has 8 amide bonds. The minimum Gasteiger partial charge on any atom is -0.476 e. The van der Waals surface area contributed by atoms with E-state index in [2.05, 4.69) is 95.7 Å². The van der Waals surface area contributed by atoms with Gasteiger partial charge in [0.05, 0.1) is 159 Å². The molecule has 49 heteroatoms. The molecule has 8 aliphatic rings. The lowest BCUT2D eigenvalue weighted by Gasteiger charge is -2.36. The van der Waals surface area contributed by atoms with E-state index in [1.807, 2.05) is 64.1 Å². The molecule has 8 aliphatic heterocycles. The third kappa shape index (κ3) is 23.6. The molecule has 18 heterocycles. The van der Waals surface area contributed by atoms with Crippen molar-refractivity contribution in [1.29, 1.82) is 0 Å². The van der Waals surface area contributed by atoms with Crippen molar-refractivity contribution >= 4 is 140 Å². The number of ether oxygens (including phenoxy) is 4. The number of carbonyl (C=O) groups is 4. The second-order valence-electron chi connectivity index (χ2n) is 35.8. The van der Waals surface area contributed by atoms with Gasteiger partial charge in [-0.15, -0.1) is 0 Å². The Morgan fingerprint density at radius 2 is 0.815 bits per heavy atom. The van der Waals surface area contributed by atoms with Gasteiger partial charge in [0.25, 0.3) is 0 Å². The topological polar surface area (TPSA) is 468 Å². The van der Waals surface area contributed by atoms with Crippen molar-refractivity contribution in [2.24, 2.45) is 5.41 Å². The number of benzene rings is 2. The highest BCUT2D eigenvalue weighted by atomic mass is 35.5. The van der Waals surface area contributed by atoms with Crippen molar-refractivity contribution in [1.82, 2.24) is 64.8 Å². The number of nitrogens with zero attached hydrogens (tertiary/aromatic N) is 21. The van der Waals surface area contributed by atoms with Gasteiger partial charge in [0, 0.05) is 129 Å². The van der Waals surface area contributed by atoms with Crippen LogP contribution in [0.1, 0.15) is 68.5 Å². The number of carbonyl (C=O) groups excluding carboxylic acids is 4. The molecular weight excluding hydrogens is 2000 g/mol. The summed E-state index contributed by atoms with van der Waals surface area (Å²) in [5, 5.41) is 67.5. The summed E-state index contributed by atoms with van der Waals surface area (Å²) in [5.41, 5.74) is 5.92. The van der Waals surface area contributed by atoms with Gasteiger partial charge in [-0.2, -0.15) is 41.3 Å². The highest BCUT2D eigenvalue weighted by Crippen LogP contribution is 2.50. The number of amides is 8. The van der Waals surface area contributed by atoms with Crippen molar-refractivity contribution in [3.05, 3.63) is 207 Å². The van der Waals surface area contributed by atoms with Crippen molar-refractivity contribution in [3.63, 3.8) is 0 Å². The predicted octanol–water partition coefficient (Wildman–Crippen LogP) is 15.0. The zero-order chi connectivity index (χ0) is 103. The summed E-state index contributed by atoms with van der Waals surface area (Å²) in [4.78, 5) is 125. The molecular formula is C97H97Cl4F6N25O14. The Morgan fingerprint density at radius 1 is 0.418 bits per heavy atom. The van der Waals surface area contributed by atoms with Crippen LogP contribution in [0.4, 0.5) is 115 Å². The first kappa shape index (κ1) is 103. The number of aliphatic hydroxyl groups is 6. The van der Waals surface area contributed by atoms with Crippen molar-refractivity contribution in [2.45, 2.75) is 109 Å². The number of fused-ring (bicyclic) bond motifs is 16. The molecule has 0 radical (unpaired) electrons. The zero-order valence-electron chi connectivity index (χ0n) is 78.5. The lowest BCUT2D eigenvalue weighted by atomic mass is 9.97. The number of nitrogens with one attached hydrogen (secondary N) is 4. The standard InChI is InChI=1S/C26H26ClF3N6O3.C24H22ClF3N6O3.C24H25ClN6O4.C23H24ClN7O4/c1-25(2,13-37)14-39-21-11-31-10-20(32-21)33-24(38)36-17-6-7-35(12-17)19-9-18(27)22(34-23(19)36)15-4-3-5-16(8-15)26(28,29)30;25-17-12-18-21(32-20(17)14-3-1-4-15(11-14)24(26,27)28)34(16-6-8-33(18)13-16)23(36)31-19-5-7-29-22(30-19)37-10-2-9-35;1-14-9-15(5-7-26-14)22-18(25)10-19-23(29-22)31(16-6-8-30(19)11-16)24(34)28-20-3-2-4-21(27-20)35-13-17(33)12-32;1-13-6-14(2-4-25-13)21-17(24)7-18-22(29-21)31(15-3-5-30(18)10-15)23(34)28-19-8-27-20(9-26-19)35-12-16(33)11-32/h3-5,8-11,17,37H,6-7,12-14H2,1-2H3,(H,32,33,38);1,3-5,7,11-12,16,35H,2,6,8-10,13H2,(H,29,30,31,36);2-5,7,9-10,16-17,32-33H,6,8,11-13H2,1H3,(H,27,28,34);2,4,6-9,15-16,32-33H,3,5,10-12H2,1H3,(H,26,28,34)/t17-;16-;16-,17+;15-,16-/m0000/s1. The fourth-order valence-corrected chi connectivity index (χ4v) is 18.5. The van der Waals surface area contributed by atoms with E-state index < -0.39 is 66.4 Å². The number of urea groups is 4. The van der Waals surface area contributed by atoms with Gasteiger partial charge in [-0.3, -0.25) is 55.8 Å². The number of anilines is 12.